The van der Waals surface area contributed by atoms with E-state index < -0.39 is 0 Å². The third-order valence-electron chi connectivity index (χ3n) is 3.84. The molecule has 2 aromatic carbocycles. The minimum absolute atomic E-state index is 0.0950. The van der Waals surface area contributed by atoms with Crippen molar-refractivity contribution < 1.29 is 4.79 Å². The summed E-state index contributed by atoms with van der Waals surface area (Å²) in [6, 6.07) is 17.9. The molecular weight excluding hydrogens is 260 g/mol. The Hall–Kier alpha value is -2.55. The average Bonchev–Trinajstić information content (AvgIpc) is 2.84. The summed E-state index contributed by atoms with van der Waals surface area (Å²) in [6.07, 6.45) is 2.45. The summed E-state index contributed by atoms with van der Waals surface area (Å²) in [5, 5.41) is 1.15. The minimum atomic E-state index is 0.0950. The Bertz CT molecular complexity index is 774. The molecule has 0 N–H and O–H groups in total. The third-order valence-corrected chi connectivity index (χ3v) is 3.84. The lowest BCUT2D eigenvalue weighted by atomic mass is 10.1. The predicted octanol–water partition coefficient (Wildman–Crippen LogP) is 3.38. The number of fused-ring (bicyclic) bond motifs is 1. The third kappa shape index (κ3) is 2.55. The largest absolute Gasteiger partial charge is 0.350 e. The second-order valence-corrected chi connectivity index (χ2v) is 5.25. The molecular formula is C18H18N2O. The molecule has 0 fully saturated rings. The topological polar surface area (TPSA) is 25.2 Å². The molecule has 21 heavy (non-hydrogen) atoms. The monoisotopic (exact) mass is 278 g/mol. The molecule has 0 spiro atoms. The summed E-state index contributed by atoms with van der Waals surface area (Å²) in [6.45, 7) is 0. The van der Waals surface area contributed by atoms with Crippen LogP contribution in [0.25, 0.3) is 10.9 Å². The number of nitrogens with zero attached hydrogens (tertiary/aromatic N) is 2. The zero-order valence-corrected chi connectivity index (χ0v) is 12.3. The number of hydrogen-bond acceptors (Lipinski definition) is 1. The molecule has 0 aliphatic carbocycles. The Morgan fingerprint density at radius 2 is 1.71 bits per heavy atom. The Morgan fingerprint density at radius 3 is 2.48 bits per heavy atom. The number of likely N-dealkylation sites (N-methyl/N-ethyl adjacent to an activating group) is 1. The van der Waals surface area contributed by atoms with E-state index in [0.29, 0.717) is 6.42 Å². The van der Waals surface area contributed by atoms with Gasteiger partial charge in [-0.2, -0.15) is 0 Å². The summed E-state index contributed by atoms with van der Waals surface area (Å²) in [4.78, 5) is 14.2. The maximum atomic E-state index is 12.5. The van der Waals surface area contributed by atoms with Gasteiger partial charge in [-0.05, 0) is 23.8 Å². The highest BCUT2D eigenvalue weighted by Gasteiger charge is 2.14. The number of rotatable bonds is 3. The molecule has 0 aliphatic rings. The van der Waals surface area contributed by atoms with E-state index in [0.717, 1.165) is 22.2 Å². The number of anilines is 1. The van der Waals surface area contributed by atoms with Crippen LogP contribution in [0.2, 0.25) is 0 Å². The summed E-state index contributed by atoms with van der Waals surface area (Å²) >= 11 is 0. The van der Waals surface area contributed by atoms with Crippen molar-refractivity contribution >= 4 is 22.5 Å². The van der Waals surface area contributed by atoms with E-state index >= 15 is 0 Å². The van der Waals surface area contributed by atoms with Crippen molar-refractivity contribution in [3.8, 4) is 0 Å². The van der Waals surface area contributed by atoms with Crippen LogP contribution in [-0.4, -0.2) is 17.5 Å². The van der Waals surface area contributed by atoms with Gasteiger partial charge in [0.2, 0.25) is 5.91 Å². The van der Waals surface area contributed by atoms with Gasteiger partial charge in [-0.15, -0.1) is 0 Å². The smallest absolute Gasteiger partial charge is 0.231 e. The normalized spacial score (nSPS) is 10.8. The van der Waals surface area contributed by atoms with Crippen molar-refractivity contribution in [2.75, 3.05) is 11.9 Å². The van der Waals surface area contributed by atoms with Crippen LogP contribution < -0.4 is 4.90 Å². The van der Waals surface area contributed by atoms with Crippen molar-refractivity contribution in [2.24, 2.45) is 7.05 Å². The second kappa shape index (κ2) is 5.44. The molecule has 3 rings (SSSR count). The van der Waals surface area contributed by atoms with Gasteiger partial charge in [-0.25, -0.2) is 0 Å². The van der Waals surface area contributed by atoms with Crippen molar-refractivity contribution in [2.45, 2.75) is 6.42 Å². The molecule has 0 bridgehead atoms. The summed E-state index contributed by atoms with van der Waals surface area (Å²) in [5.41, 5.74) is 3.14. The van der Waals surface area contributed by atoms with E-state index in [1.165, 1.54) is 0 Å². The standard InChI is InChI=1S/C18H18N2O/c1-19-13-14(16-10-6-7-11-17(16)19)12-18(21)20(2)15-8-4-3-5-9-15/h3-11,13H,12H2,1-2H3. The first-order chi connectivity index (χ1) is 10.2. The van der Waals surface area contributed by atoms with Gasteiger partial charge in [0, 0.05) is 36.9 Å². The van der Waals surface area contributed by atoms with Crippen molar-refractivity contribution in [1.29, 1.82) is 0 Å². The Morgan fingerprint density at radius 1 is 1.05 bits per heavy atom. The van der Waals surface area contributed by atoms with E-state index in [9.17, 15) is 4.79 Å². The zero-order valence-electron chi connectivity index (χ0n) is 12.3. The second-order valence-electron chi connectivity index (χ2n) is 5.25. The van der Waals surface area contributed by atoms with Crippen LogP contribution in [-0.2, 0) is 18.3 Å². The van der Waals surface area contributed by atoms with Crippen molar-refractivity contribution in [3.05, 3.63) is 66.4 Å². The van der Waals surface area contributed by atoms with Crippen LogP contribution >= 0.6 is 0 Å². The fourth-order valence-electron chi connectivity index (χ4n) is 2.64. The Kier molecular flexibility index (Phi) is 3.48. The molecule has 0 unspecified atom stereocenters. The highest BCUT2D eigenvalue weighted by Crippen LogP contribution is 2.22. The van der Waals surface area contributed by atoms with E-state index in [2.05, 4.69) is 16.7 Å². The van der Waals surface area contributed by atoms with Gasteiger partial charge in [-0.3, -0.25) is 4.79 Å². The van der Waals surface area contributed by atoms with Gasteiger partial charge in [0.1, 0.15) is 0 Å². The molecule has 106 valence electrons. The van der Waals surface area contributed by atoms with Crippen LogP contribution in [0, 0.1) is 0 Å². The van der Waals surface area contributed by atoms with E-state index in [1.54, 1.807) is 4.90 Å². The predicted molar refractivity (Wildman–Crippen MR) is 86.5 cm³/mol. The summed E-state index contributed by atoms with van der Waals surface area (Å²) < 4.78 is 2.07. The molecule has 3 nitrogen and oxygen atoms in total. The summed E-state index contributed by atoms with van der Waals surface area (Å²) in [7, 11) is 3.83. The van der Waals surface area contributed by atoms with Crippen LogP contribution in [0.1, 0.15) is 5.56 Å². The first-order valence-corrected chi connectivity index (χ1v) is 7.01. The minimum Gasteiger partial charge on any atom is -0.350 e. The zero-order chi connectivity index (χ0) is 14.8. The first-order valence-electron chi connectivity index (χ1n) is 7.01. The van der Waals surface area contributed by atoms with E-state index in [1.807, 2.05) is 62.8 Å². The quantitative estimate of drug-likeness (QED) is 0.721. The van der Waals surface area contributed by atoms with Crippen LogP contribution in [0.4, 0.5) is 5.69 Å². The molecule has 1 aromatic heterocycles. The average molecular weight is 278 g/mol. The number of amides is 1. The molecule has 0 saturated heterocycles. The van der Waals surface area contributed by atoms with E-state index in [4.69, 9.17) is 0 Å². The van der Waals surface area contributed by atoms with Crippen molar-refractivity contribution in [1.82, 2.24) is 4.57 Å². The number of aryl methyl sites for hydroxylation is 1. The maximum Gasteiger partial charge on any atom is 0.231 e. The first kappa shape index (κ1) is 13.4. The molecule has 0 saturated carbocycles. The molecule has 1 heterocycles. The molecule has 0 atom stereocenters. The number of aromatic nitrogens is 1. The molecule has 3 heteroatoms. The number of para-hydroxylation sites is 2. The lowest BCUT2D eigenvalue weighted by molar-refractivity contribution is -0.117. The van der Waals surface area contributed by atoms with Gasteiger partial charge < -0.3 is 9.47 Å². The SMILES string of the molecule is CN(C(=O)Cc1cn(C)c2ccccc12)c1ccccc1. The van der Waals surface area contributed by atoms with Gasteiger partial charge in [-0.1, -0.05) is 36.4 Å². The van der Waals surface area contributed by atoms with Gasteiger partial charge in [0.15, 0.2) is 0 Å². The lowest BCUT2D eigenvalue weighted by Crippen LogP contribution is -2.27. The molecule has 0 aliphatic heterocycles. The van der Waals surface area contributed by atoms with Gasteiger partial charge in [0.25, 0.3) is 0 Å². The Labute approximate surface area is 124 Å². The van der Waals surface area contributed by atoms with E-state index in [-0.39, 0.29) is 5.91 Å². The lowest BCUT2D eigenvalue weighted by Gasteiger charge is -2.17. The van der Waals surface area contributed by atoms with Crippen LogP contribution in [0.5, 0.6) is 0 Å². The number of hydrogen-bond donors (Lipinski definition) is 0. The summed E-state index contributed by atoms with van der Waals surface area (Å²) in [5.74, 6) is 0.0950. The van der Waals surface area contributed by atoms with Crippen LogP contribution in [0.3, 0.4) is 0 Å². The Balaban J connectivity index is 1.87. The molecule has 1 amide bonds. The van der Waals surface area contributed by atoms with Gasteiger partial charge >= 0.3 is 0 Å². The number of carbonyl (C=O) groups is 1. The van der Waals surface area contributed by atoms with Crippen molar-refractivity contribution in [3.63, 3.8) is 0 Å². The molecule has 0 radical (unpaired) electrons. The van der Waals surface area contributed by atoms with Gasteiger partial charge in [0.05, 0.1) is 6.42 Å². The highest BCUT2D eigenvalue weighted by molar-refractivity contribution is 5.97. The van der Waals surface area contributed by atoms with Crippen LogP contribution in [0.15, 0.2) is 60.8 Å². The fraction of sp³-hybridized carbons (Fsp3) is 0.167. The fourth-order valence-corrected chi connectivity index (χ4v) is 2.64. The molecule has 3 aromatic rings. The number of carbonyl (C=O) groups excluding carboxylic acids is 1. The highest BCUT2D eigenvalue weighted by atomic mass is 16.2. The number of benzene rings is 2. The maximum absolute atomic E-state index is 12.5.